The van der Waals surface area contributed by atoms with Crippen LogP contribution in [0.25, 0.3) is 0 Å². The number of anilines is 1. The van der Waals surface area contributed by atoms with E-state index in [0.29, 0.717) is 29.9 Å². The predicted molar refractivity (Wildman–Crippen MR) is 119 cm³/mol. The number of piperazine rings is 1. The first-order valence-corrected chi connectivity index (χ1v) is 11.2. The number of imide groups is 1. The van der Waals surface area contributed by atoms with Crippen LogP contribution in [-0.2, 0) is 22.7 Å². The molecule has 0 aliphatic carbocycles. The van der Waals surface area contributed by atoms with Gasteiger partial charge in [-0.25, -0.2) is 4.39 Å². The first kappa shape index (κ1) is 21.5. The molecular formula is C24H26FN5O3. The summed E-state index contributed by atoms with van der Waals surface area (Å²) in [6.07, 6.45) is 2.35. The fraction of sp³-hybridized carbons (Fsp3) is 0.417. The zero-order chi connectivity index (χ0) is 23.1. The normalized spacial score (nSPS) is 21.4. The van der Waals surface area contributed by atoms with Crippen LogP contribution in [0.3, 0.4) is 0 Å². The topological polar surface area (TPSA) is 85.9 Å². The maximum absolute atomic E-state index is 15.0. The quantitative estimate of drug-likeness (QED) is 0.711. The second kappa shape index (κ2) is 8.55. The average Bonchev–Trinajstić information content (AvgIpc) is 3.11. The molecule has 0 spiro atoms. The zero-order valence-electron chi connectivity index (χ0n) is 18.5. The molecule has 3 aliphatic rings. The number of nitrogens with zero attached hydrogens (tertiary/aromatic N) is 4. The minimum absolute atomic E-state index is 0.193. The number of hydrogen-bond acceptors (Lipinski definition) is 6. The SMILES string of the molecule is Cc1ccc(CN2CCN(c3cc4c(cc3F)C(=O)N(C3CCC(=O)NC3=O)C4)CC2)nc1. The van der Waals surface area contributed by atoms with Crippen LogP contribution in [0.2, 0.25) is 0 Å². The summed E-state index contributed by atoms with van der Waals surface area (Å²) >= 11 is 0. The van der Waals surface area contributed by atoms with Crippen LogP contribution in [0.5, 0.6) is 0 Å². The maximum Gasteiger partial charge on any atom is 0.255 e. The summed E-state index contributed by atoms with van der Waals surface area (Å²) in [7, 11) is 0. The van der Waals surface area contributed by atoms with Crippen LogP contribution < -0.4 is 10.2 Å². The highest BCUT2D eigenvalue weighted by molar-refractivity contribution is 6.05. The molecule has 1 atom stereocenters. The predicted octanol–water partition coefficient (Wildman–Crippen LogP) is 1.61. The lowest BCUT2D eigenvalue weighted by molar-refractivity contribution is -0.136. The Morgan fingerprint density at radius 3 is 2.61 bits per heavy atom. The molecule has 0 radical (unpaired) electrons. The van der Waals surface area contributed by atoms with Crippen molar-refractivity contribution in [2.24, 2.45) is 0 Å². The van der Waals surface area contributed by atoms with Crippen LogP contribution in [0.1, 0.15) is 40.0 Å². The van der Waals surface area contributed by atoms with Crippen molar-refractivity contribution >= 4 is 23.4 Å². The maximum atomic E-state index is 15.0. The Bertz CT molecular complexity index is 1110. The van der Waals surface area contributed by atoms with E-state index in [1.807, 2.05) is 24.1 Å². The van der Waals surface area contributed by atoms with Gasteiger partial charge < -0.3 is 9.80 Å². The summed E-state index contributed by atoms with van der Waals surface area (Å²) in [6.45, 7) is 5.93. The molecule has 33 heavy (non-hydrogen) atoms. The van der Waals surface area contributed by atoms with Crippen molar-refractivity contribution in [3.05, 3.63) is 58.7 Å². The first-order chi connectivity index (χ1) is 15.9. The van der Waals surface area contributed by atoms with Gasteiger partial charge in [0.2, 0.25) is 11.8 Å². The number of amides is 3. The highest BCUT2D eigenvalue weighted by atomic mass is 19.1. The van der Waals surface area contributed by atoms with Gasteiger partial charge in [0.15, 0.2) is 0 Å². The molecule has 2 fully saturated rings. The van der Waals surface area contributed by atoms with E-state index in [2.05, 4.69) is 21.3 Å². The Labute approximate surface area is 191 Å². The van der Waals surface area contributed by atoms with E-state index in [0.717, 1.165) is 30.9 Å². The van der Waals surface area contributed by atoms with Crippen molar-refractivity contribution in [1.29, 1.82) is 0 Å². The number of rotatable bonds is 4. The molecule has 1 aromatic carbocycles. The molecule has 3 aliphatic heterocycles. The summed E-state index contributed by atoms with van der Waals surface area (Å²) in [5.41, 5.74) is 3.65. The summed E-state index contributed by atoms with van der Waals surface area (Å²) in [5, 5.41) is 2.29. The lowest BCUT2D eigenvalue weighted by atomic mass is 10.0. The van der Waals surface area contributed by atoms with E-state index >= 15 is 4.39 Å². The van der Waals surface area contributed by atoms with Gasteiger partial charge in [0, 0.05) is 57.4 Å². The van der Waals surface area contributed by atoms with Gasteiger partial charge in [-0.1, -0.05) is 6.07 Å². The molecular weight excluding hydrogens is 425 g/mol. The molecule has 1 unspecified atom stereocenters. The fourth-order valence-electron chi connectivity index (χ4n) is 4.79. The lowest BCUT2D eigenvalue weighted by Gasteiger charge is -2.36. The summed E-state index contributed by atoms with van der Waals surface area (Å²) in [5.74, 6) is -1.58. The van der Waals surface area contributed by atoms with E-state index < -0.39 is 17.8 Å². The molecule has 2 saturated heterocycles. The smallest absolute Gasteiger partial charge is 0.255 e. The van der Waals surface area contributed by atoms with Gasteiger partial charge in [0.1, 0.15) is 11.9 Å². The molecule has 5 rings (SSSR count). The van der Waals surface area contributed by atoms with Crippen LogP contribution in [0.4, 0.5) is 10.1 Å². The largest absolute Gasteiger partial charge is 0.367 e. The van der Waals surface area contributed by atoms with E-state index in [9.17, 15) is 14.4 Å². The van der Waals surface area contributed by atoms with Crippen LogP contribution in [0, 0.1) is 12.7 Å². The van der Waals surface area contributed by atoms with E-state index in [-0.39, 0.29) is 31.2 Å². The van der Waals surface area contributed by atoms with Gasteiger partial charge in [-0.15, -0.1) is 0 Å². The van der Waals surface area contributed by atoms with Gasteiger partial charge in [0.05, 0.1) is 11.4 Å². The minimum atomic E-state index is -0.701. The van der Waals surface area contributed by atoms with Crippen molar-refractivity contribution in [3.8, 4) is 0 Å². The number of pyridine rings is 1. The molecule has 0 bridgehead atoms. The van der Waals surface area contributed by atoms with Gasteiger partial charge in [-0.05, 0) is 42.7 Å². The number of carbonyl (C=O) groups excluding carboxylic acids is 3. The Kier molecular flexibility index (Phi) is 5.57. The van der Waals surface area contributed by atoms with Gasteiger partial charge in [0.25, 0.3) is 5.91 Å². The van der Waals surface area contributed by atoms with Crippen LogP contribution >= 0.6 is 0 Å². The molecule has 9 heteroatoms. The summed E-state index contributed by atoms with van der Waals surface area (Å²) in [6, 6.07) is 6.42. The van der Waals surface area contributed by atoms with Crippen molar-refractivity contribution in [3.63, 3.8) is 0 Å². The van der Waals surface area contributed by atoms with Crippen LogP contribution in [0.15, 0.2) is 30.5 Å². The number of piperidine rings is 1. The molecule has 3 amide bonds. The third kappa shape index (κ3) is 4.20. The number of aryl methyl sites for hydroxylation is 1. The Balaban J connectivity index is 1.26. The molecule has 1 N–H and O–H groups in total. The van der Waals surface area contributed by atoms with E-state index in [4.69, 9.17) is 0 Å². The summed E-state index contributed by atoms with van der Waals surface area (Å²) in [4.78, 5) is 46.8. The second-order valence-electron chi connectivity index (χ2n) is 8.95. The first-order valence-electron chi connectivity index (χ1n) is 11.2. The molecule has 172 valence electrons. The number of hydrogen-bond donors (Lipinski definition) is 1. The molecule has 8 nitrogen and oxygen atoms in total. The second-order valence-corrected chi connectivity index (χ2v) is 8.95. The number of fused-ring (bicyclic) bond motifs is 1. The van der Waals surface area contributed by atoms with Crippen molar-refractivity contribution < 1.29 is 18.8 Å². The fourth-order valence-corrected chi connectivity index (χ4v) is 4.79. The van der Waals surface area contributed by atoms with Gasteiger partial charge >= 0.3 is 0 Å². The highest BCUT2D eigenvalue weighted by Gasteiger charge is 2.39. The molecule has 4 heterocycles. The van der Waals surface area contributed by atoms with Crippen molar-refractivity contribution in [1.82, 2.24) is 20.1 Å². The van der Waals surface area contributed by atoms with E-state index in [1.165, 1.54) is 11.0 Å². The number of aromatic nitrogens is 1. The third-order valence-corrected chi connectivity index (χ3v) is 6.66. The Morgan fingerprint density at radius 1 is 1.12 bits per heavy atom. The monoisotopic (exact) mass is 451 g/mol. The molecule has 0 saturated carbocycles. The number of halogens is 1. The zero-order valence-corrected chi connectivity index (χ0v) is 18.5. The van der Waals surface area contributed by atoms with Crippen LogP contribution in [-0.4, -0.2) is 64.7 Å². The van der Waals surface area contributed by atoms with E-state index in [1.54, 1.807) is 6.07 Å². The van der Waals surface area contributed by atoms with Crippen molar-refractivity contribution in [2.45, 2.75) is 38.9 Å². The van der Waals surface area contributed by atoms with Crippen molar-refractivity contribution in [2.75, 3.05) is 31.1 Å². The average molecular weight is 452 g/mol. The van der Waals surface area contributed by atoms with Gasteiger partial charge in [-0.2, -0.15) is 0 Å². The number of benzene rings is 1. The number of nitrogens with one attached hydrogen (secondary N) is 1. The Morgan fingerprint density at radius 2 is 1.91 bits per heavy atom. The standard InChI is InChI=1S/C24H26FN5O3/c1-15-2-3-17(26-12-15)14-28-6-8-29(9-7-28)21-10-16-13-30(24(33)18(16)11-19(21)25)20-4-5-22(31)27-23(20)32/h2-3,10-12,20H,4-9,13-14H2,1H3,(H,27,31,32). The number of carbonyl (C=O) groups is 3. The third-order valence-electron chi connectivity index (χ3n) is 6.66. The minimum Gasteiger partial charge on any atom is -0.367 e. The lowest BCUT2D eigenvalue weighted by Crippen LogP contribution is -2.52. The highest BCUT2D eigenvalue weighted by Crippen LogP contribution is 2.33. The molecule has 2 aromatic rings. The summed E-state index contributed by atoms with van der Waals surface area (Å²) < 4.78 is 15.0. The Hall–Kier alpha value is -3.33. The molecule has 1 aromatic heterocycles. The van der Waals surface area contributed by atoms with Gasteiger partial charge in [-0.3, -0.25) is 29.6 Å².